The van der Waals surface area contributed by atoms with Crippen LogP contribution in [0.15, 0.2) is 73.3 Å². The number of carbonyl (C=O) groups is 2. The summed E-state index contributed by atoms with van der Waals surface area (Å²) in [6.45, 7) is 6.91. The van der Waals surface area contributed by atoms with Gasteiger partial charge in [0.2, 0.25) is 11.8 Å². The average molecular weight is 705 g/mol. The molecule has 0 unspecified atom stereocenters. The topological polar surface area (TPSA) is 102 Å². The number of piperazine rings is 1. The molecule has 5 fully saturated rings. The van der Waals surface area contributed by atoms with Crippen molar-refractivity contribution in [3.63, 3.8) is 0 Å². The highest BCUT2D eigenvalue weighted by Crippen LogP contribution is 2.61. The summed E-state index contributed by atoms with van der Waals surface area (Å²) >= 11 is 0. The molecule has 52 heavy (non-hydrogen) atoms. The molecule has 5 aliphatic rings. The van der Waals surface area contributed by atoms with Gasteiger partial charge in [0.1, 0.15) is 6.54 Å². The molecule has 10 heteroatoms. The van der Waals surface area contributed by atoms with Crippen molar-refractivity contribution in [3.8, 4) is 22.3 Å². The predicted octanol–water partition coefficient (Wildman–Crippen LogP) is 5.67. The van der Waals surface area contributed by atoms with E-state index in [1.54, 1.807) is 4.68 Å². The van der Waals surface area contributed by atoms with Gasteiger partial charge in [-0.05, 0) is 78.2 Å². The Morgan fingerprint density at radius 3 is 2.21 bits per heavy atom. The van der Waals surface area contributed by atoms with E-state index in [9.17, 15) is 9.59 Å². The third-order valence-corrected chi connectivity index (χ3v) is 12.0. The Balaban J connectivity index is 0.681. The maximum atomic E-state index is 13.1. The van der Waals surface area contributed by atoms with E-state index in [0.717, 1.165) is 65.0 Å². The van der Waals surface area contributed by atoms with Gasteiger partial charge in [0.25, 0.3) is 0 Å². The van der Waals surface area contributed by atoms with E-state index in [-0.39, 0.29) is 23.8 Å². The van der Waals surface area contributed by atoms with E-state index in [0.29, 0.717) is 52.5 Å². The molecule has 0 radical (unpaired) electrons. The van der Waals surface area contributed by atoms with Gasteiger partial charge < -0.3 is 19.7 Å². The predicted molar refractivity (Wildman–Crippen MR) is 201 cm³/mol. The van der Waals surface area contributed by atoms with Crippen molar-refractivity contribution >= 4 is 22.6 Å². The van der Waals surface area contributed by atoms with E-state index in [1.165, 1.54) is 43.9 Å². The summed E-state index contributed by atoms with van der Waals surface area (Å²) in [4.78, 5) is 34.5. The summed E-state index contributed by atoms with van der Waals surface area (Å²) in [5.41, 5.74) is 4.56. The smallest absolute Gasteiger partial charge is 0.244 e. The molecule has 4 bridgehead atoms. The van der Waals surface area contributed by atoms with Crippen LogP contribution in [0.3, 0.4) is 0 Å². The van der Waals surface area contributed by atoms with Gasteiger partial charge in [0.05, 0.1) is 32.6 Å². The lowest BCUT2D eigenvalue weighted by Crippen LogP contribution is -2.50. The second-order valence-electron chi connectivity index (χ2n) is 15.8. The molecule has 4 saturated carbocycles. The highest BCUT2D eigenvalue weighted by molar-refractivity contribution is 5.95. The molecule has 2 aromatic heterocycles. The van der Waals surface area contributed by atoms with Crippen LogP contribution in [0.1, 0.15) is 44.9 Å². The van der Waals surface area contributed by atoms with Crippen molar-refractivity contribution in [1.29, 1.82) is 0 Å². The number of fused-ring (bicyclic) bond motifs is 1. The van der Waals surface area contributed by atoms with Crippen molar-refractivity contribution in [2.24, 2.45) is 23.2 Å². The summed E-state index contributed by atoms with van der Waals surface area (Å²) < 4.78 is 13.3. The number of ether oxygens (including phenoxy) is 2. The van der Waals surface area contributed by atoms with Gasteiger partial charge in [-0.1, -0.05) is 48.5 Å². The summed E-state index contributed by atoms with van der Waals surface area (Å²) in [5.74, 6) is 2.92. The summed E-state index contributed by atoms with van der Waals surface area (Å²) in [6.07, 6.45) is 16.3. The van der Waals surface area contributed by atoms with Gasteiger partial charge in [0, 0.05) is 80.8 Å². The van der Waals surface area contributed by atoms with Crippen LogP contribution in [-0.4, -0.2) is 102 Å². The first-order valence-corrected chi connectivity index (χ1v) is 19.4. The third-order valence-electron chi connectivity index (χ3n) is 12.0. The molecule has 0 spiro atoms. The van der Waals surface area contributed by atoms with E-state index in [4.69, 9.17) is 9.47 Å². The molecule has 10 nitrogen and oxygen atoms in total. The minimum atomic E-state index is 0.0884. The van der Waals surface area contributed by atoms with Gasteiger partial charge in [-0.2, -0.15) is 5.10 Å². The Labute approximate surface area is 306 Å². The number of hydrogen-bond donors (Lipinski definition) is 1. The van der Waals surface area contributed by atoms with Gasteiger partial charge in [-0.3, -0.25) is 24.2 Å². The van der Waals surface area contributed by atoms with Crippen LogP contribution < -0.4 is 5.32 Å². The minimum absolute atomic E-state index is 0.0884. The van der Waals surface area contributed by atoms with Gasteiger partial charge in [-0.15, -0.1) is 0 Å². The summed E-state index contributed by atoms with van der Waals surface area (Å²) in [5, 5.41) is 9.90. The fourth-order valence-corrected chi connectivity index (χ4v) is 9.94. The second-order valence-corrected chi connectivity index (χ2v) is 15.8. The van der Waals surface area contributed by atoms with Crippen LogP contribution in [0.25, 0.3) is 33.0 Å². The number of carbonyl (C=O) groups excluding carboxylic acids is 2. The Bertz CT molecular complexity index is 1790. The van der Waals surface area contributed by atoms with Crippen LogP contribution in [-0.2, 0) is 25.6 Å². The highest BCUT2D eigenvalue weighted by atomic mass is 16.5. The zero-order valence-electron chi connectivity index (χ0n) is 30.3. The number of rotatable bonds is 15. The molecule has 3 heterocycles. The van der Waals surface area contributed by atoms with E-state index >= 15 is 0 Å². The Morgan fingerprint density at radius 2 is 1.46 bits per heavy atom. The van der Waals surface area contributed by atoms with Crippen LogP contribution >= 0.6 is 0 Å². The lowest BCUT2D eigenvalue weighted by Gasteiger charge is -2.56. The van der Waals surface area contributed by atoms with Crippen molar-refractivity contribution in [3.05, 3.63) is 73.3 Å². The lowest BCUT2D eigenvalue weighted by molar-refractivity contribution is -0.134. The van der Waals surface area contributed by atoms with E-state index in [1.807, 2.05) is 35.8 Å². The standard InChI is InChI=1S/C42H52N6O4/c49-40(25-42-22-31-19-32(23-42)21-33(20-31)24-42)44-9-15-51-17-18-52-16-14-46-10-12-47(13-11-46)41(50)30-48-29-37(27-45-48)34-5-7-35(8-6-34)39-28-43-26-36-3-1-2-4-38(36)39/h1-8,26-29,31-33H,9-25,30H2,(H,44,49). The van der Waals surface area contributed by atoms with E-state index < -0.39 is 0 Å². The number of nitrogens with zero attached hydrogens (tertiary/aromatic N) is 5. The van der Waals surface area contributed by atoms with Crippen molar-refractivity contribution in [2.75, 3.05) is 65.7 Å². The van der Waals surface area contributed by atoms with Crippen molar-refractivity contribution in [1.82, 2.24) is 29.9 Å². The Kier molecular flexibility index (Phi) is 10.7. The molecular formula is C42H52N6O4. The van der Waals surface area contributed by atoms with Gasteiger partial charge in [0.15, 0.2) is 0 Å². The molecule has 2 aromatic carbocycles. The third kappa shape index (κ3) is 8.24. The zero-order chi connectivity index (χ0) is 35.3. The number of amides is 2. The molecule has 9 rings (SSSR count). The molecule has 2 amide bonds. The largest absolute Gasteiger partial charge is 0.378 e. The van der Waals surface area contributed by atoms with Crippen molar-refractivity contribution in [2.45, 2.75) is 51.5 Å². The normalized spacial score (nSPS) is 24.1. The molecular weight excluding hydrogens is 652 g/mol. The first kappa shape index (κ1) is 34.9. The zero-order valence-corrected chi connectivity index (χ0v) is 30.3. The number of benzene rings is 2. The van der Waals surface area contributed by atoms with Crippen LogP contribution in [0.2, 0.25) is 0 Å². The summed E-state index contributed by atoms with van der Waals surface area (Å²) in [6, 6.07) is 16.7. The maximum absolute atomic E-state index is 13.1. The van der Waals surface area contributed by atoms with Crippen LogP contribution in [0.5, 0.6) is 0 Å². The fraction of sp³-hybridized carbons (Fsp3) is 0.524. The van der Waals surface area contributed by atoms with Gasteiger partial charge in [-0.25, -0.2) is 0 Å². The van der Waals surface area contributed by atoms with Gasteiger partial charge >= 0.3 is 0 Å². The monoisotopic (exact) mass is 704 g/mol. The van der Waals surface area contributed by atoms with Crippen molar-refractivity contribution < 1.29 is 19.1 Å². The molecule has 1 aliphatic heterocycles. The highest BCUT2D eigenvalue weighted by Gasteiger charge is 2.51. The minimum Gasteiger partial charge on any atom is -0.378 e. The van der Waals surface area contributed by atoms with E-state index in [2.05, 4.69) is 62.8 Å². The molecule has 0 atom stereocenters. The summed E-state index contributed by atoms with van der Waals surface area (Å²) in [7, 11) is 0. The average Bonchev–Trinajstić information content (AvgIpc) is 3.62. The number of hydrogen-bond acceptors (Lipinski definition) is 7. The molecule has 274 valence electrons. The lowest BCUT2D eigenvalue weighted by atomic mass is 9.49. The molecule has 4 aromatic rings. The molecule has 1 saturated heterocycles. The fourth-order valence-electron chi connectivity index (χ4n) is 9.94. The van der Waals surface area contributed by atoms with Crippen LogP contribution in [0.4, 0.5) is 0 Å². The Hall–Kier alpha value is -4.12. The molecule has 4 aliphatic carbocycles. The number of aromatic nitrogens is 3. The first-order chi connectivity index (χ1) is 25.5. The quantitative estimate of drug-likeness (QED) is 0.159. The Morgan fingerprint density at radius 1 is 0.769 bits per heavy atom. The molecule has 1 N–H and O–H groups in total. The number of pyridine rings is 1. The number of nitrogens with one attached hydrogen (secondary N) is 1. The van der Waals surface area contributed by atoms with Crippen LogP contribution in [0, 0.1) is 23.2 Å². The maximum Gasteiger partial charge on any atom is 0.244 e. The SMILES string of the molecule is O=C(CC12CC3CC(CC(C3)C1)C2)NCCOCCOCCN1CCN(C(=O)Cn2cc(-c3ccc(-c4cncc5ccccc45)cc3)cn2)CC1. The first-order valence-electron chi connectivity index (χ1n) is 19.4. The second kappa shape index (κ2) is 15.9.